The third-order valence-corrected chi connectivity index (χ3v) is 1.94. The lowest BCUT2D eigenvalue weighted by Gasteiger charge is -2.37. The van der Waals surface area contributed by atoms with Crippen molar-refractivity contribution >= 4 is 5.91 Å². The molecule has 1 rings (SSSR count). The first-order valence-electron chi connectivity index (χ1n) is 4.00. The molecule has 1 heterocycles. The summed E-state index contributed by atoms with van der Waals surface area (Å²) in [5.41, 5.74) is 0. The van der Waals surface area contributed by atoms with Gasteiger partial charge in [-0.05, 0) is 5.92 Å². The Bertz CT molecular complexity index is 141. The highest BCUT2D eigenvalue weighted by Crippen LogP contribution is 2.14. The number of hydrogen-bond donors (Lipinski definition) is 0. The number of carbonyl (C=O) groups is 1. The van der Waals surface area contributed by atoms with Crippen LogP contribution >= 0.6 is 0 Å². The quantitative estimate of drug-likeness (QED) is 0.597. The number of methoxy groups -OCH3 is 1. The molecular weight excluding hydrogens is 142 g/mol. The normalized spacial score (nSPS) is 18.2. The zero-order valence-corrected chi connectivity index (χ0v) is 7.17. The van der Waals surface area contributed by atoms with Crippen molar-refractivity contribution in [3.05, 3.63) is 0 Å². The van der Waals surface area contributed by atoms with Crippen molar-refractivity contribution in [3.8, 4) is 0 Å². The van der Waals surface area contributed by atoms with Crippen LogP contribution in [0.25, 0.3) is 0 Å². The molecule has 1 saturated heterocycles. The van der Waals surface area contributed by atoms with Crippen LogP contribution in [0.3, 0.4) is 0 Å². The minimum absolute atomic E-state index is 0.227. The Morgan fingerprint density at radius 2 is 2.27 bits per heavy atom. The van der Waals surface area contributed by atoms with Gasteiger partial charge in [-0.2, -0.15) is 0 Å². The second kappa shape index (κ2) is 3.72. The number of hydrogen-bond acceptors (Lipinski definition) is 2. The van der Waals surface area contributed by atoms with Gasteiger partial charge in [-0.3, -0.25) is 4.79 Å². The topological polar surface area (TPSA) is 29.5 Å². The Labute approximate surface area is 67.3 Å². The number of carbonyl (C=O) groups excluding carboxylic acids is 1. The Hall–Kier alpha value is -0.570. The maximum absolute atomic E-state index is 11.2. The van der Waals surface area contributed by atoms with Crippen LogP contribution in [0, 0.1) is 5.92 Å². The molecule has 0 N–H and O–H groups in total. The van der Waals surface area contributed by atoms with Gasteiger partial charge in [0.1, 0.15) is 0 Å². The molecule has 0 aromatic rings. The first-order chi connectivity index (χ1) is 5.24. The van der Waals surface area contributed by atoms with Crippen molar-refractivity contribution in [2.75, 3.05) is 26.8 Å². The maximum atomic E-state index is 11.2. The van der Waals surface area contributed by atoms with Gasteiger partial charge in [-0.1, -0.05) is 6.92 Å². The minimum Gasteiger partial charge on any atom is -0.384 e. The summed E-state index contributed by atoms with van der Waals surface area (Å²) in [5, 5.41) is 0. The molecular formula is C8H15NO2. The molecule has 3 nitrogen and oxygen atoms in total. The van der Waals surface area contributed by atoms with Crippen LogP contribution in [0.5, 0.6) is 0 Å². The number of rotatable bonds is 3. The lowest BCUT2D eigenvalue weighted by molar-refractivity contribution is -0.138. The van der Waals surface area contributed by atoms with Crippen LogP contribution in [0.15, 0.2) is 0 Å². The van der Waals surface area contributed by atoms with Crippen molar-refractivity contribution in [1.82, 2.24) is 4.90 Å². The van der Waals surface area contributed by atoms with Crippen LogP contribution in [-0.4, -0.2) is 37.6 Å². The SMILES string of the molecule is COCCC(=O)N1CC(C)C1. The number of amides is 1. The molecule has 0 aliphatic carbocycles. The van der Waals surface area contributed by atoms with E-state index in [4.69, 9.17) is 4.74 Å². The van der Waals surface area contributed by atoms with Gasteiger partial charge in [-0.25, -0.2) is 0 Å². The van der Waals surface area contributed by atoms with Gasteiger partial charge in [0.05, 0.1) is 13.0 Å². The van der Waals surface area contributed by atoms with E-state index >= 15 is 0 Å². The Morgan fingerprint density at radius 1 is 1.64 bits per heavy atom. The van der Waals surface area contributed by atoms with E-state index in [1.165, 1.54) is 0 Å². The second-order valence-corrected chi connectivity index (χ2v) is 3.15. The summed E-state index contributed by atoms with van der Waals surface area (Å²) >= 11 is 0. The smallest absolute Gasteiger partial charge is 0.224 e. The highest BCUT2D eigenvalue weighted by molar-refractivity contribution is 5.77. The molecule has 11 heavy (non-hydrogen) atoms. The van der Waals surface area contributed by atoms with Gasteiger partial charge >= 0.3 is 0 Å². The average Bonchev–Trinajstić information content (AvgIpc) is 1.94. The molecule has 0 unspecified atom stereocenters. The van der Waals surface area contributed by atoms with Crippen LogP contribution in [0.2, 0.25) is 0 Å². The minimum atomic E-state index is 0.227. The van der Waals surface area contributed by atoms with Crippen LogP contribution in [0.1, 0.15) is 13.3 Å². The monoisotopic (exact) mass is 157 g/mol. The predicted molar refractivity (Wildman–Crippen MR) is 42.2 cm³/mol. The molecule has 0 atom stereocenters. The molecule has 1 fully saturated rings. The standard InChI is InChI=1S/C8H15NO2/c1-7-5-9(6-7)8(10)3-4-11-2/h7H,3-6H2,1-2H3. The zero-order chi connectivity index (χ0) is 8.27. The number of ether oxygens (including phenoxy) is 1. The predicted octanol–water partition coefficient (Wildman–Crippen LogP) is 0.501. The molecule has 0 saturated carbocycles. The molecule has 1 amide bonds. The third-order valence-electron chi connectivity index (χ3n) is 1.94. The fourth-order valence-electron chi connectivity index (χ4n) is 1.25. The summed E-state index contributed by atoms with van der Waals surface area (Å²) in [6, 6.07) is 0. The van der Waals surface area contributed by atoms with Crippen molar-refractivity contribution in [1.29, 1.82) is 0 Å². The highest BCUT2D eigenvalue weighted by atomic mass is 16.5. The van der Waals surface area contributed by atoms with Crippen LogP contribution in [0.4, 0.5) is 0 Å². The van der Waals surface area contributed by atoms with E-state index in [1.807, 2.05) is 4.90 Å². The lowest BCUT2D eigenvalue weighted by atomic mass is 10.0. The maximum Gasteiger partial charge on any atom is 0.224 e. The molecule has 1 aliphatic rings. The van der Waals surface area contributed by atoms with E-state index in [9.17, 15) is 4.79 Å². The number of likely N-dealkylation sites (tertiary alicyclic amines) is 1. The van der Waals surface area contributed by atoms with Gasteiger partial charge in [0.15, 0.2) is 0 Å². The van der Waals surface area contributed by atoms with E-state index in [-0.39, 0.29) is 5.91 Å². The molecule has 0 bridgehead atoms. The largest absolute Gasteiger partial charge is 0.384 e. The first-order valence-corrected chi connectivity index (χ1v) is 4.00. The van der Waals surface area contributed by atoms with Gasteiger partial charge < -0.3 is 9.64 Å². The molecule has 0 radical (unpaired) electrons. The van der Waals surface area contributed by atoms with Gasteiger partial charge in [0.25, 0.3) is 0 Å². The molecule has 1 aliphatic heterocycles. The number of nitrogens with zero attached hydrogens (tertiary/aromatic N) is 1. The molecule has 0 spiro atoms. The highest BCUT2D eigenvalue weighted by Gasteiger charge is 2.26. The van der Waals surface area contributed by atoms with E-state index in [1.54, 1.807) is 7.11 Å². The fraction of sp³-hybridized carbons (Fsp3) is 0.875. The van der Waals surface area contributed by atoms with E-state index in [2.05, 4.69) is 6.92 Å². The molecule has 0 aromatic carbocycles. The summed E-state index contributed by atoms with van der Waals surface area (Å²) in [5.74, 6) is 0.923. The van der Waals surface area contributed by atoms with Gasteiger partial charge in [-0.15, -0.1) is 0 Å². The van der Waals surface area contributed by atoms with E-state index < -0.39 is 0 Å². The van der Waals surface area contributed by atoms with E-state index in [0.717, 1.165) is 13.1 Å². The molecule has 64 valence electrons. The lowest BCUT2D eigenvalue weighted by Crippen LogP contribution is -2.48. The summed E-state index contributed by atoms with van der Waals surface area (Å²) in [4.78, 5) is 13.1. The Kier molecular flexibility index (Phi) is 2.88. The summed E-state index contributed by atoms with van der Waals surface area (Å²) in [6.45, 7) is 4.56. The molecule has 0 aromatic heterocycles. The average molecular weight is 157 g/mol. The first kappa shape index (κ1) is 8.53. The summed E-state index contributed by atoms with van der Waals surface area (Å²) < 4.78 is 4.81. The zero-order valence-electron chi connectivity index (χ0n) is 7.17. The van der Waals surface area contributed by atoms with Crippen molar-refractivity contribution in [2.45, 2.75) is 13.3 Å². The Morgan fingerprint density at radius 3 is 2.73 bits per heavy atom. The van der Waals surface area contributed by atoms with Crippen LogP contribution in [-0.2, 0) is 9.53 Å². The summed E-state index contributed by atoms with van der Waals surface area (Å²) in [7, 11) is 1.62. The van der Waals surface area contributed by atoms with Gasteiger partial charge in [0.2, 0.25) is 5.91 Å². The van der Waals surface area contributed by atoms with Crippen molar-refractivity contribution in [2.24, 2.45) is 5.92 Å². The van der Waals surface area contributed by atoms with Crippen molar-refractivity contribution in [3.63, 3.8) is 0 Å². The molecule has 3 heteroatoms. The van der Waals surface area contributed by atoms with Gasteiger partial charge in [0, 0.05) is 20.2 Å². The second-order valence-electron chi connectivity index (χ2n) is 3.15. The Balaban J connectivity index is 2.11. The van der Waals surface area contributed by atoms with Crippen LogP contribution < -0.4 is 0 Å². The van der Waals surface area contributed by atoms with Crippen molar-refractivity contribution < 1.29 is 9.53 Å². The third kappa shape index (κ3) is 2.19. The fourth-order valence-corrected chi connectivity index (χ4v) is 1.25. The summed E-state index contributed by atoms with van der Waals surface area (Å²) in [6.07, 6.45) is 0.531. The van der Waals surface area contributed by atoms with E-state index in [0.29, 0.717) is 18.9 Å².